The Morgan fingerprint density at radius 3 is 2.33 bits per heavy atom. The average molecular weight is 369 g/mol. The fraction of sp³-hybridized carbons (Fsp3) is 0.636. The summed E-state index contributed by atoms with van der Waals surface area (Å²) in [5, 5.41) is 12.7. The number of aryl methyl sites for hydroxylation is 1. The minimum Gasteiger partial charge on any atom is -0.337 e. The van der Waals surface area contributed by atoms with Gasteiger partial charge in [-0.2, -0.15) is 5.26 Å². The molecule has 0 radical (unpaired) electrons. The highest BCUT2D eigenvalue weighted by atomic mass is 16.2. The summed E-state index contributed by atoms with van der Waals surface area (Å²) >= 11 is 0. The van der Waals surface area contributed by atoms with Crippen LogP contribution in [0.1, 0.15) is 49.7 Å². The lowest BCUT2D eigenvalue weighted by Crippen LogP contribution is -2.53. The molecule has 1 N–H and O–H groups in total. The Morgan fingerprint density at radius 2 is 1.70 bits per heavy atom. The molecule has 1 aromatic carbocycles. The lowest BCUT2D eigenvalue weighted by atomic mass is 9.92. The van der Waals surface area contributed by atoms with Gasteiger partial charge in [-0.15, -0.1) is 0 Å². The van der Waals surface area contributed by atoms with Crippen molar-refractivity contribution in [3.05, 3.63) is 35.4 Å². The molecular weight excluding hydrogens is 336 g/mol. The molecule has 1 saturated heterocycles. The number of hydrogen-bond donors (Lipinski definition) is 1. The molecule has 2 fully saturated rings. The quantitative estimate of drug-likeness (QED) is 0.812. The van der Waals surface area contributed by atoms with Gasteiger partial charge >= 0.3 is 0 Å². The maximum Gasteiger partial charge on any atom is 0.235 e. The van der Waals surface area contributed by atoms with E-state index in [1.54, 1.807) is 0 Å². The van der Waals surface area contributed by atoms with Crippen molar-refractivity contribution >= 4 is 5.91 Å². The number of piperazine rings is 1. The highest BCUT2D eigenvalue weighted by molar-refractivity contribution is 5.79. The smallest absolute Gasteiger partial charge is 0.235 e. The zero-order chi connectivity index (χ0) is 19.1. The second-order valence-electron chi connectivity index (χ2n) is 8.14. The first-order valence-electron chi connectivity index (χ1n) is 10.3. The van der Waals surface area contributed by atoms with Crippen molar-refractivity contribution in [1.29, 1.82) is 5.26 Å². The fourth-order valence-electron chi connectivity index (χ4n) is 4.24. The molecule has 1 aliphatic carbocycles. The number of carbonyl (C=O) groups excluding carboxylic acids is 1. The lowest BCUT2D eigenvalue weighted by Gasteiger charge is -2.35. The van der Waals surface area contributed by atoms with E-state index in [0.717, 1.165) is 58.4 Å². The highest BCUT2D eigenvalue weighted by Gasteiger charge is 2.33. The Morgan fingerprint density at radius 1 is 1.07 bits per heavy atom. The van der Waals surface area contributed by atoms with E-state index < -0.39 is 5.54 Å². The van der Waals surface area contributed by atoms with Crippen molar-refractivity contribution in [2.75, 3.05) is 32.7 Å². The second kappa shape index (κ2) is 9.34. The number of hydrogen-bond acceptors (Lipinski definition) is 4. The van der Waals surface area contributed by atoms with E-state index in [0.29, 0.717) is 6.54 Å². The zero-order valence-electron chi connectivity index (χ0n) is 16.5. The van der Waals surface area contributed by atoms with Gasteiger partial charge in [-0.3, -0.25) is 14.6 Å². The summed E-state index contributed by atoms with van der Waals surface area (Å²) in [6.07, 6.45) is 5.99. The van der Waals surface area contributed by atoms with Crippen LogP contribution in [0.5, 0.6) is 0 Å². The largest absolute Gasteiger partial charge is 0.337 e. The topological polar surface area (TPSA) is 59.4 Å². The van der Waals surface area contributed by atoms with Crippen LogP contribution < -0.4 is 5.32 Å². The molecule has 0 spiro atoms. The van der Waals surface area contributed by atoms with Gasteiger partial charge in [-0.1, -0.05) is 49.9 Å². The molecule has 0 bridgehead atoms. The Hall–Kier alpha value is -1.90. The molecule has 3 rings (SSSR count). The van der Waals surface area contributed by atoms with Gasteiger partial charge in [0.15, 0.2) is 0 Å². The molecule has 2 aliphatic rings. The third-order valence-electron chi connectivity index (χ3n) is 6.04. The van der Waals surface area contributed by atoms with Crippen LogP contribution >= 0.6 is 0 Å². The van der Waals surface area contributed by atoms with E-state index in [9.17, 15) is 10.1 Å². The predicted molar refractivity (Wildman–Crippen MR) is 107 cm³/mol. The monoisotopic (exact) mass is 368 g/mol. The molecule has 146 valence electrons. The summed E-state index contributed by atoms with van der Waals surface area (Å²) in [6.45, 7) is 7.30. The van der Waals surface area contributed by atoms with Gasteiger partial charge in [0.2, 0.25) is 5.91 Å². The summed E-state index contributed by atoms with van der Waals surface area (Å²) < 4.78 is 0. The van der Waals surface area contributed by atoms with Crippen LogP contribution in [0.2, 0.25) is 0 Å². The molecule has 1 aliphatic heterocycles. The van der Waals surface area contributed by atoms with E-state index in [-0.39, 0.29) is 5.91 Å². The average Bonchev–Trinajstić information content (AvgIpc) is 2.91. The maximum absolute atomic E-state index is 12.6. The number of nitrogens with zero attached hydrogens (tertiary/aromatic N) is 3. The first-order chi connectivity index (χ1) is 13.1. The first-order valence-corrected chi connectivity index (χ1v) is 10.3. The van der Waals surface area contributed by atoms with Gasteiger partial charge < -0.3 is 5.32 Å². The minimum absolute atomic E-state index is 0.00537. The molecule has 1 aromatic rings. The molecule has 5 heteroatoms. The Labute approximate surface area is 163 Å². The Balaban J connectivity index is 1.45. The van der Waals surface area contributed by atoms with Crippen molar-refractivity contribution in [2.45, 2.75) is 57.5 Å². The number of amides is 1. The van der Waals surface area contributed by atoms with Gasteiger partial charge in [-0.05, 0) is 30.9 Å². The number of nitrogens with one attached hydrogen (secondary N) is 1. The van der Waals surface area contributed by atoms with E-state index >= 15 is 0 Å². The molecule has 27 heavy (non-hydrogen) atoms. The molecule has 0 aromatic heterocycles. The van der Waals surface area contributed by atoms with Crippen molar-refractivity contribution in [3.63, 3.8) is 0 Å². The molecule has 0 atom stereocenters. The number of carbonyl (C=O) groups is 1. The Kier molecular flexibility index (Phi) is 6.87. The third-order valence-corrected chi connectivity index (χ3v) is 6.04. The van der Waals surface area contributed by atoms with Crippen LogP contribution in [0.15, 0.2) is 24.3 Å². The summed E-state index contributed by atoms with van der Waals surface area (Å²) in [5.41, 5.74) is 2.08. The molecule has 0 unspecified atom stereocenters. The molecule has 5 nitrogen and oxygen atoms in total. The summed E-state index contributed by atoms with van der Waals surface area (Å²) in [6, 6.07) is 10.9. The van der Waals surface area contributed by atoms with Gasteiger partial charge in [0.1, 0.15) is 5.54 Å². The first kappa shape index (κ1) is 19.9. The van der Waals surface area contributed by atoms with Crippen molar-refractivity contribution in [1.82, 2.24) is 15.1 Å². The Bertz CT molecular complexity index is 665. The van der Waals surface area contributed by atoms with Gasteiger partial charge in [-0.25, -0.2) is 0 Å². The molecule has 1 amide bonds. The minimum atomic E-state index is -0.639. The standard InChI is InChI=1S/C22H32N4O/c1-19-8-4-5-9-20(19)16-25-12-14-26(15-13-25)17-21(27)24-22(18-23)10-6-2-3-7-11-22/h4-5,8-9H,2-3,6-7,10-17H2,1H3,(H,24,27). The van der Waals surface area contributed by atoms with E-state index in [1.807, 2.05) is 0 Å². The van der Waals surface area contributed by atoms with Gasteiger partial charge in [0.05, 0.1) is 12.6 Å². The van der Waals surface area contributed by atoms with Crippen molar-refractivity contribution in [3.8, 4) is 6.07 Å². The van der Waals surface area contributed by atoms with Crippen LogP contribution in [-0.2, 0) is 11.3 Å². The van der Waals surface area contributed by atoms with Gasteiger partial charge in [0, 0.05) is 32.7 Å². The van der Waals surface area contributed by atoms with E-state index in [2.05, 4.69) is 52.4 Å². The van der Waals surface area contributed by atoms with E-state index in [1.165, 1.54) is 24.0 Å². The van der Waals surface area contributed by atoms with Crippen LogP contribution in [0.4, 0.5) is 0 Å². The predicted octanol–water partition coefficient (Wildman–Crippen LogP) is 2.85. The van der Waals surface area contributed by atoms with Crippen molar-refractivity contribution < 1.29 is 4.79 Å². The fourth-order valence-corrected chi connectivity index (χ4v) is 4.24. The summed E-state index contributed by atoms with van der Waals surface area (Å²) in [5.74, 6) is 0.00537. The normalized spacial score (nSPS) is 21.2. The number of benzene rings is 1. The van der Waals surface area contributed by atoms with Crippen LogP contribution in [0.25, 0.3) is 0 Å². The molecule has 1 saturated carbocycles. The van der Waals surface area contributed by atoms with Crippen LogP contribution in [-0.4, -0.2) is 54.0 Å². The SMILES string of the molecule is Cc1ccccc1CN1CCN(CC(=O)NC2(C#N)CCCCCC2)CC1. The van der Waals surface area contributed by atoms with Crippen molar-refractivity contribution in [2.24, 2.45) is 0 Å². The van der Waals surface area contributed by atoms with E-state index in [4.69, 9.17) is 0 Å². The summed E-state index contributed by atoms with van der Waals surface area (Å²) in [7, 11) is 0. The number of nitriles is 1. The highest BCUT2D eigenvalue weighted by Crippen LogP contribution is 2.26. The second-order valence-corrected chi connectivity index (χ2v) is 8.14. The van der Waals surface area contributed by atoms with Gasteiger partial charge in [0.25, 0.3) is 0 Å². The van der Waals surface area contributed by atoms with Crippen LogP contribution in [0, 0.1) is 18.3 Å². The lowest BCUT2D eigenvalue weighted by molar-refractivity contribution is -0.124. The zero-order valence-corrected chi connectivity index (χ0v) is 16.5. The molecule has 1 heterocycles. The summed E-state index contributed by atoms with van der Waals surface area (Å²) in [4.78, 5) is 17.2. The molecular formula is C22H32N4O. The maximum atomic E-state index is 12.6. The third kappa shape index (κ3) is 5.54. The number of rotatable bonds is 5. The van der Waals surface area contributed by atoms with Crippen LogP contribution in [0.3, 0.4) is 0 Å².